The first-order valence-corrected chi connectivity index (χ1v) is 11.3. The maximum Gasteiger partial charge on any atom is 0.255 e. The number of rotatable bonds is 6. The standard InChI is InChI=1S/C21H28N4O3S/c1-24(2)20-14-11-17(15-22-20)23-21(26)16-9-12-19(13-10-16)29(27,28)25(3)18-7-5-4-6-8-18/h9-15,18H,4-8H2,1-3H3,(H,23,26). The Kier molecular flexibility index (Phi) is 6.54. The van der Waals surface area contributed by atoms with E-state index < -0.39 is 10.0 Å². The number of aromatic nitrogens is 1. The summed E-state index contributed by atoms with van der Waals surface area (Å²) in [4.78, 5) is 18.8. The lowest BCUT2D eigenvalue weighted by molar-refractivity contribution is 0.102. The van der Waals surface area contributed by atoms with Gasteiger partial charge < -0.3 is 10.2 Å². The molecule has 1 saturated carbocycles. The molecule has 0 spiro atoms. The molecule has 1 heterocycles. The molecule has 1 fully saturated rings. The van der Waals surface area contributed by atoms with Crippen LogP contribution >= 0.6 is 0 Å². The SMILES string of the molecule is CN(C)c1ccc(NC(=O)c2ccc(S(=O)(=O)N(C)C3CCCCC3)cc2)cn1. The molecule has 29 heavy (non-hydrogen) atoms. The van der Waals surface area contributed by atoms with Crippen LogP contribution in [0.2, 0.25) is 0 Å². The van der Waals surface area contributed by atoms with Gasteiger partial charge in [-0.05, 0) is 49.2 Å². The van der Waals surface area contributed by atoms with Crippen molar-refractivity contribution >= 4 is 27.4 Å². The average molecular weight is 417 g/mol. The summed E-state index contributed by atoms with van der Waals surface area (Å²) in [5.74, 6) is 0.480. The molecule has 1 aliphatic carbocycles. The minimum Gasteiger partial charge on any atom is -0.363 e. The van der Waals surface area contributed by atoms with E-state index in [0.717, 1.165) is 31.5 Å². The number of anilines is 2. The molecule has 1 aromatic heterocycles. The van der Waals surface area contributed by atoms with Crippen LogP contribution in [0, 0.1) is 0 Å². The molecular weight excluding hydrogens is 388 g/mol. The van der Waals surface area contributed by atoms with Crippen LogP contribution in [-0.4, -0.2) is 50.8 Å². The molecule has 1 aliphatic rings. The molecule has 1 amide bonds. The van der Waals surface area contributed by atoms with Gasteiger partial charge in [-0.15, -0.1) is 0 Å². The molecule has 3 rings (SSSR count). The summed E-state index contributed by atoms with van der Waals surface area (Å²) in [6, 6.07) is 9.71. The van der Waals surface area contributed by atoms with Crippen molar-refractivity contribution < 1.29 is 13.2 Å². The Morgan fingerprint density at radius 2 is 1.66 bits per heavy atom. The van der Waals surface area contributed by atoms with E-state index in [9.17, 15) is 13.2 Å². The summed E-state index contributed by atoms with van der Waals surface area (Å²) in [6.45, 7) is 0. The zero-order valence-electron chi connectivity index (χ0n) is 17.1. The summed E-state index contributed by atoms with van der Waals surface area (Å²) in [7, 11) is 1.86. The van der Waals surface area contributed by atoms with Gasteiger partial charge in [-0.2, -0.15) is 4.31 Å². The van der Waals surface area contributed by atoms with Gasteiger partial charge in [0.25, 0.3) is 5.91 Å². The van der Waals surface area contributed by atoms with Crippen molar-refractivity contribution in [2.24, 2.45) is 0 Å². The van der Waals surface area contributed by atoms with E-state index in [1.165, 1.54) is 22.9 Å². The van der Waals surface area contributed by atoms with E-state index in [0.29, 0.717) is 11.3 Å². The Bertz CT molecular complexity index is 935. The average Bonchev–Trinajstić information content (AvgIpc) is 2.74. The predicted octanol–water partition coefficient (Wildman–Crippen LogP) is 3.35. The maximum atomic E-state index is 12.9. The summed E-state index contributed by atoms with van der Waals surface area (Å²) < 4.78 is 27.3. The molecular formula is C21H28N4O3S. The lowest BCUT2D eigenvalue weighted by atomic mass is 9.96. The van der Waals surface area contributed by atoms with Crippen LogP contribution < -0.4 is 10.2 Å². The normalized spacial score (nSPS) is 15.3. The van der Waals surface area contributed by atoms with Crippen molar-refractivity contribution in [2.75, 3.05) is 31.4 Å². The number of amides is 1. The predicted molar refractivity (Wildman–Crippen MR) is 115 cm³/mol. The summed E-state index contributed by atoms with van der Waals surface area (Å²) in [5.41, 5.74) is 0.968. The van der Waals surface area contributed by atoms with Gasteiger partial charge in [0.05, 0.1) is 16.8 Å². The Morgan fingerprint density at radius 1 is 1.00 bits per heavy atom. The highest BCUT2D eigenvalue weighted by atomic mass is 32.2. The molecule has 0 saturated heterocycles. The van der Waals surface area contributed by atoms with Crippen molar-refractivity contribution in [3.8, 4) is 0 Å². The van der Waals surface area contributed by atoms with Crippen molar-refractivity contribution in [1.29, 1.82) is 0 Å². The van der Waals surface area contributed by atoms with E-state index in [1.807, 2.05) is 25.1 Å². The fourth-order valence-electron chi connectivity index (χ4n) is 3.51. The third kappa shape index (κ3) is 4.94. The maximum absolute atomic E-state index is 12.9. The Morgan fingerprint density at radius 3 is 2.21 bits per heavy atom. The number of nitrogens with zero attached hydrogens (tertiary/aromatic N) is 3. The number of carbonyl (C=O) groups is 1. The first kappa shape index (κ1) is 21.3. The summed E-state index contributed by atoms with van der Waals surface area (Å²) in [5, 5.41) is 2.78. The Balaban J connectivity index is 1.69. The molecule has 0 radical (unpaired) electrons. The Labute approximate surface area is 172 Å². The minimum absolute atomic E-state index is 0.0503. The molecule has 2 aromatic rings. The quantitative estimate of drug-likeness (QED) is 0.781. The van der Waals surface area contributed by atoms with Gasteiger partial charge in [-0.1, -0.05) is 19.3 Å². The van der Waals surface area contributed by atoms with Crippen LogP contribution in [-0.2, 0) is 10.0 Å². The fourth-order valence-corrected chi connectivity index (χ4v) is 4.93. The van der Waals surface area contributed by atoms with Crippen LogP contribution in [0.1, 0.15) is 42.5 Å². The Hall–Kier alpha value is -2.45. The second kappa shape index (κ2) is 8.92. The van der Waals surface area contributed by atoms with Gasteiger partial charge in [-0.25, -0.2) is 13.4 Å². The highest BCUT2D eigenvalue weighted by Gasteiger charge is 2.29. The first-order chi connectivity index (χ1) is 13.8. The second-order valence-corrected chi connectivity index (χ2v) is 9.59. The van der Waals surface area contributed by atoms with Crippen LogP contribution in [0.5, 0.6) is 0 Å². The molecule has 8 heteroatoms. The van der Waals surface area contributed by atoms with Crippen molar-refractivity contribution in [2.45, 2.75) is 43.0 Å². The zero-order chi connectivity index (χ0) is 21.0. The minimum atomic E-state index is -3.57. The highest BCUT2D eigenvalue weighted by molar-refractivity contribution is 7.89. The van der Waals surface area contributed by atoms with Crippen LogP contribution in [0.25, 0.3) is 0 Å². The van der Waals surface area contributed by atoms with Gasteiger partial charge >= 0.3 is 0 Å². The van der Waals surface area contributed by atoms with Crippen LogP contribution in [0.4, 0.5) is 11.5 Å². The van der Waals surface area contributed by atoms with E-state index >= 15 is 0 Å². The first-order valence-electron chi connectivity index (χ1n) is 9.82. The lowest BCUT2D eigenvalue weighted by Gasteiger charge is -2.30. The number of benzene rings is 1. The zero-order valence-corrected chi connectivity index (χ0v) is 17.9. The molecule has 0 unspecified atom stereocenters. The lowest BCUT2D eigenvalue weighted by Crippen LogP contribution is -2.38. The number of pyridine rings is 1. The summed E-state index contributed by atoms with van der Waals surface area (Å²) >= 11 is 0. The van der Waals surface area contributed by atoms with E-state index in [1.54, 1.807) is 31.4 Å². The second-order valence-electron chi connectivity index (χ2n) is 7.59. The molecule has 7 nitrogen and oxygen atoms in total. The van der Waals surface area contributed by atoms with E-state index in [4.69, 9.17) is 0 Å². The number of hydrogen-bond acceptors (Lipinski definition) is 5. The van der Waals surface area contributed by atoms with Gasteiger partial charge in [0.1, 0.15) is 5.82 Å². The number of hydrogen-bond donors (Lipinski definition) is 1. The van der Waals surface area contributed by atoms with Crippen LogP contribution in [0.15, 0.2) is 47.5 Å². The topological polar surface area (TPSA) is 82.6 Å². The van der Waals surface area contributed by atoms with E-state index in [-0.39, 0.29) is 16.8 Å². The molecule has 0 bridgehead atoms. The molecule has 0 aliphatic heterocycles. The molecule has 156 valence electrons. The van der Waals surface area contributed by atoms with E-state index in [2.05, 4.69) is 10.3 Å². The number of carbonyl (C=O) groups excluding carboxylic acids is 1. The van der Waals surface area contributed by atoms with Crippen molar-refractivity contribution in [1.82, 2.24) is 9.29 Å². The molecule has 1 aromatic carbocycles. The fraction of sp³-hybridized carbons (Fsp3) is 0.429. The van der Waals surface area contributed by atoms with Gasteiger partial charge in [0.2, 0.25) is 10.0 Å². The smallest absolute Gasteiger partial charge is 0.255 e. The molecule has 1 N–H and O–H groups in total. The van der Waals surface area contributed by atoms with Crippen LogP contribution in [0.3, 0.4) is 0 Å². The third-order valence-corrected chi connectivity index (χ3v) is 7.27. The van der Waals surface area contributed by atoms with Crippen molar-refractivity contribution in [3.63, 3.8) is 0 Å². The number of sulfonamides is 1. The summed E-state index contributed by atoms with van der Waals surface area (Å²) in [6.07, 6.45) is 6.68. The van der Waals surface area contributed by atoms with Crippen molar-refractivity contribution in [3.05, 3.63) is 48.2 Å². The highest BCUT2D eigenvalue weighted by Crippen LogP contribution is 2.26. The van der Waals surface area contributed by atoms with Gasteiger partial charge in [-0.3, -0.25) is 4.79 Å². The van der Waals surface area contributed by atoms with Gasteiger partial charge in [0, 0.05) is 32.7 Å². The largest absolute Gasteiger partial charge is 0.363 e. The number of nitrogens with one attached hydrogen (secondary N) is 1. The molecule has 0 atom stereocenters. The van der Waals surface area contributed by atoms with Gasteiger partial charge in [0.15, 0.2) is 0 Å². The third-order valence-electron chi connectivity index (χ3n) is 5.35. The monoisotopic (exact) mass is 416 g/mol.